The van der Waals surface area contributed by atoms with Crippen molar-refractivity contribution in [1.82, 2.24) is 14.6 Å². The maximum atomic E-state index is 13.1. The molecule has 4 rings (SSSR count). The Morgan fingerprint density at radius 1 is 1.07 bits per heavy atom. The van der Waals surface area contributed by atoms with Crippen molar-refractivity contribution in [3.05, 3.63) is 36.0 Å². The highest BCUT2D eigenvalue weighted by atomic mass is 32.2. The largest absolute Gasteiger partial charge is 0.303 e. The third-order valence-electron chi connectivity index (χ3n) is 6.37. The zero-order valence-electron chi connectivity index (χ0n) is 16.7. The quantitative estimate of drug-likeness (QED) is 0.826. The van der Waals surface area contributed by atoms with Crippen molar-refractivity contribution in [2.75, 3.05) is 19.6 Å². The van der Waals surface area contributed by atoms with Gasteiger partial charge in [0.2, 0.25) is 10.0 Å². The number of pyridine rings is 1. The normalized spacial score (nSPS) is 20.6. The van der Waals surface area contributed by atoms with Gasteiger partial charge >= 0.3 is 0 Å². The highest BCUT2D eigenvalue weighted by Gasteiger charge is 2.27. The van der Waals surface area contributed by atoms with Crippen molar-refractivity contribution in [2.45, 2.75) is 62.8 Å². The van der Waals surface area contributed by atoms with Crippen molar-refractivity contribution in [1.29, 1.82) is 0 Å². The summed E-state index contributed by atoms with van der Waals surface area (Å²) in [6, 6.07) is 7.21. The summed E-state index contributed by atoms with van der Waals surface area (Å²) in [5.41, 5.74) is 1.75. The number of hydrogen-bond donors (Lipinski definition) is 1. The minimum atomic E-state index is -3.56. The molecule has 6 heteroatoms. The van der Waals surface area contributed by atoms with Crippen LogP contribution < -0.4 is 4.72 Å². The highest BCUT2D eigenvalue weighted by molar-refractivity contribution is 7.89. The van der Waals surface area contributed by atoms with Crippen molar-refractivity contribution in [2.24, 2.45) is 5.92 Å². The third kappa shape index (κ3) is 4.39. The molecule has 1 N–H and O–H groups in total. The zero-order valence-corrected chi connectivity index (χ0v) is 17.5. The number of sulfonamides is 1. The summed E-state index contributed by atoms with van der Waals surface area (Å²) in [6.45, 7) is 5.12. The first-order valence-corrected chi connectivity index (χ1v) is 12.1. The Bertz CT molecular complexity index is 915. The molecule has 2 aliphatic rings. The minimum absolute atomic E-state index is 0.0145. The Morgan fingerprint density at radius 2 is 1.82 bits per heavy atom. The lowest BCUT2D eigenvalue weighted by Gasteiger charge is -2.35. The molecule has 1 saturated heterocycles. The molecule has 152 valence electrons. The summed E-state index contributed by atoms with van der Waals surface area (Å²) in [6.07, 6.45) is 10.3. The van der Waals surface area contributed by atoms with Gasteiger partial charge in [-0.3, -0.25) is 4.98 Å². The molecule has 1 saturated carbocycles. The molecule has 28 heavy (non-hydrogen) atoms. The number of nitrogens with one attached hydrogen (secondary N) is 1. The molecule has 0 amide bonds. The van der Waals surface area contributed by atoms with Gasteiger partial charge in [0.25, 0.3) is 0 Å². The number of benzene rings is 1. The fraction of sp³-hybridized carbons (Fsp3) is 0.591. The van der Waals surface area contributed by atoms with Crippen LogP contribution in [0.25, 0.3) is 10.9 Å². The summed E-state index contributed by atoms with van der Waals surface area (Å²) in [4.78, 5) is 7.24. The number of piperidine rings is 1. The number of hydrogen-bond acceptors (Lipinski definition) is 4. The van der Waals surface area contributed by atoms with Gasteiger partial charge in [-0.2, -0.15) is 0 Å². The maximum Gasteiger partial charge on any atom is 0.241 e. The van der Waals surface area contributed by atoms with E-state index in [9.17, 15) is 8.42 Å². The standard InChI is InChI=1S/C22H31N3O2S/c1-17-9-10-21(20-8-5-13-23-22(17)20)28(26,27)24-19-11-14-25(15-12-19)16-18-6-3-2-4-7-18/h5,8-10,13,18-19,24H,2-4,6-7,11-12,14-16H2,1H3. The number of fused-ring (bicyclic) bond motifs is 1. The van der Waals surface area contributed by atoms with Crippen LogP contribution in [0.4, 0.5) is 0 Å². The Kier molecular flexibility index (Phi) is 5.99. The molecule has 0 unspecified atom stereocenters. The highest BCUT2D eigenvalue weighted by Crippen LogP contribution is 2.27. The van der Waals surface area contributed by atoms with Crippen LogP contribution in [0.5, 0.6) is 0 Å². The molecule has 5 nitrogen and oxygen atoms in total. The van der Waals surface area contributed by atoms with Crippen molar-refractivity contribution < 1.29 is 8.42 Å². The van der Waals surface area contributed by atoms with Crippen LogP contribution in [-0.2, 0) is 10.0 Å². The minimum Gasteiger partial charge on any atom is -0.303 e. The molecule has 1 aliphatic heterocycles. The lowest BCUT2D eigenvalue weighted by Crippen LogP contribution is -2.45. The van der Waals surface area contributed by atoms with Gasteiger partial charge in [0.05, 0.1) is 10.4 Å². The van der Waals surface area contributed by atoms with Crippen LogP contribution in [0.3, 0.4) is 0 Å². The van der Waals surface area contributed by atoms with Gasteiger partial charge in [0, 0.05) is 24.2 Å². The Hall–Kier alpha value is -1.50. The smallest absolute Gasteiger partial charge is 0.241 e. The van der Waals surface area contributed by atoms with Gasteiger partial charge in [-0.25, -0.2) is 13.1 Å². The van der Waals surface area contributed by atoms with E-state index >= 15 is 0 Å². The van der Waals surface area contributed by atoms with Gasteiger partial charge in [-0.1, -0.05) is 25.3 Å². The van der Waals surface area contributed by atoms with Gasteiger partial charge in [-0.05, 0) is 75.4 Å². The van der Waals surface area contributed by atoms with E-state index in [2.05, 4.69) is 14.6 Å². The number of likely N-dealkylation sites (tertiary alicyclic amines) is 1. The Morgan fingerprint density at radius 3 is 2.57 bits per heavy atom. The second-order valence-corrected chi connectivity index (χ2v) is 10.2. The van der Waals surface area contributed by atoms with E-state index in [1.807, 2.05) is 19.1 Å². The fourth-order valence-corrected chi connectivity index (χ4v) is 6.28. The summed E-state index contributed by atoms with van der Waals surface area (Å²) < 4.78 is 29.1. The first-order chi connectivity index (χ1) is 13.5. The summed E-state index contributed by atoms with van der Waals surface area (Å²) >= 11 is 0. The van der Waals surface area contributed by atoms with Crippen LogP contribution in [0.2, 0.25) is 0 Å². The summed E-state index contributed by atoms with van der Waals surface area (Å²) in [7, 11) is -3.56. The molecule has 2 fully saturated rings. The second-order valence-electron chi connectivity index (χ2n) is 8.48. The van der Waals surface area contributed by atoms with Crippen LogP contribution in [0, 0.1) is 12.8 Å². The SMILES string of the molecule is Cc1ccc(S(=O)(=O)NC2CCN(CC3CCCCC3)CC2)c2cccnc12. The Balaban J connectivity index is 1.40. The topological polar surface area (TPSA) is 62.3 Å². The monoisotopic (exact) mass is 401 g/mol. The van der Waals surface area contributed by atoms with Crippen LogP contribution in [-0.4, -0.2) is 44.0 Å². The molecule has 0 bridgehead atoms. The number of rotatable bonds is 5. The van der Waals surface area contributed by atoms with E-state index in [4.69, 9.17) is 0 Å². The van der Waals surface area contributed by atoms with Crippen molar-refractivity contribution in [3.63, 3.8) is 0 Å². The van der Waals surface area contributed by atoms with Gasteiger partial charge < -0.3 is 4.90 Å². The molecule has 0 radical (unpaired) electrons. The van der Waals surface area contributed by atoms with E-state index in [1.54, 1.807) is 18.3 Å². The molecule has 0 atom stereocenters. The number of nitrogens with zero attached hydrogens (tertiary/aromatic N) is 2. The van der Waals surface area contributed by atoms with E-state index in [0.29, 0.717) is 10.3 Å². The van der Waals surface area contributed by atoms with E-state index in [0.717, 1.165) is 42.9 Å². The third-order valence-corrected chi connectivity index (χ3v) is 7.95. The average Bonchev–Trinajstić information content (AvgIpc) is 2.70. The van der Waals surface area contributed by atoms with Crippen molar-refractivity contribution in [3.8, 4) is 0 Å². The molecule has 1 aliphatic carbocycles. The van der Waals surface area contributed by atoms with Crippen LogP contribution in [0.1, 0.15) is 50.5 Å². The lowest BCUT2D eigenvalue weighted by atomic mass is 9.88. The molecule has 2 aromatic rings. The van der Waals surface area contributed by atoms with Crippen LogP contribution in [0.15, 0.2) is 35.4 Å². The average molecular weight is 402 g/mol. The fourth-order valence-electron chi connectivity index (χ4n) is 4.77. The number of aromatic nitrogens is 1. The molecule has 2 heterocycles. The van der Waals surface area contributed by atoms with Gasteiger partial charge in [0.15, 0.2) is 0 Å². The molecule has 1 aromatic heterocycles. The summed E-state index contributed by atoms with van der Waals surface area (Å²) in [5.74, 6) is 0.841. The van der Waals surface area contributed by atoms with E-state index < -0.39 is 10.0 Å². The second kappa shape index (κ2) is 8.47. The van der Waals surface area contributed by atoms with Crippen LogP contribution >= 0.6 is 0 Å². The maximum absolute atomic E-state index is 13.1. The first kappa shape index (κ1) is 19.8. The number of aryl methyl sites for hydroxylation is 1. The van der Waals surface area contributed by atoms with Gasteiger partial charge in [-0.15, -0.1) is 0 Å². The zero-order chi connectivity index (χ0) is 19.6. The molecular weight excluding hydrogens is 370 g/mol. The molecule has 0 spiro atoms. The molecular formula is C22H31N3O2S. The molecule has 1 aromatic carbocycles. The predicted octanol–water partition coefficient (Wildman–Crippen LogP) is 3.87. The predicted molar refractivity (Wildman–Crippen MR) is 113 cm³/mol. The Labute approximate surface area is 168 Å². The van der Waals surface area contributed by atoms with E-state index in [1.165, 1.54) is 38.6 Å². The first-order valence-electron chi connectivity index (χ1n) is 10.6. The summed E-state index contributed by atoms with van der Waals surface area (Å²) in [5, 5.41) is 0.699. The lowest BCUT2D eigenvalue weighted by molar-refractivity contribution is 0.161. The van der Waals surface area contributed by atoms with Gasteiger partial charge in [0.1, 0.15) is 0 Å². The van der Waals surface area contributed by atoms with E-state index in [-0.39, 0.29) is 6.04 Å². The van der Waals surface area contributed by atoms with Crippen molar-refractivity contribution >= 4 is 20.9 Å².